The molecule has 1 N–H and O–H groups in total. The molecule has 0 amide bonds. The first kappa shape index (κ1) is 13.9. The minimum absolute atomic E-state index is 0.711. The van der Waals surface area contributed by atoms with Gasteiger partial charge in [-0.05, 0) is 18.8 Å². The van der Waals surface area contributed by atoms with E-state index in [0.717, 1.165) is 38.8 Å². The smallest absolute Gasteiger partial charge is 0.0593 e. The second kappa shape index (κ2) is 8.04. The zero-order chi connectivity index (χ0) is 11.8. The summed E-state index contributed by atoms with van der Waals surface area (Å²) in [5, 5.41) is 3.45. The van der Waals surface area contributed by atoms with Gasteiger partial charge in [-0.15, -0.1) is 0 Å². The third-order valence-electron chi connectivity index (χ3n) is 3.31. The summed E-state index contributed by atoms with van der Waals surface area (Å²) in [6.45, 7) is 13.1. The molecule has 1 saturated heterocycles. The van der Waals surface area contributed by atoms with Crippen LogP contribution in [0.4, 0.5) is 0 Å². The summed E-state index contributed by atoms with van der Waals surface area (Å²) in [6.07, 6.45) is 2.41. The molecule has 1 aliphatic rings. The Balaban J connectivity index is 2.06. The highest BCUT2D eigenvalue weighted by atomic mass is 16.5. The highest BCUT2D eigenvalue weighted by Gasteiger charge is 2.19. The normalized spacial score (nSPS) is 22.9. The van der Waals surface area contributed by atoms with Crippen LogP contribution in [0.3, 0.4) is 0 Å². The van der Waals surface area contributed by atoms with Crippen LogP contribution in [0.15, 0.2) is 0 Å². The number of nitrogens with one attached hydrogen (secondary N) is 1. The molecule has 0 aliphatic carbocycles. The van der Waals surface area contributed by atoms with Crippen LogP contribution in [0.25, 0.3) is 0 Å². The average molecular weight is 228 g/mol. The molecular formula is C13H28N2O. The number of piperazine rings is 1. The van der Waals surface area contributed by atoms with Crippen LogP contribution in [0.5, 0.6) is 0 Å². The molecule has 0 bridgehead atoms. The standard InChI is InChI=1S/C13H28N2O/c1-4-13-11-14-6-7-15(13)8-10-16-9-5-12(2)3/h12-14H,4-11H2,1-3H3. The Labute approximate surface area is 101 Å². The quantitative estimate of drug-likeness (QED) is 0.672. The van der Waals surface area contributed by atoms with Crippen molar-refractivity contribution in [2.45, 2.75) is 39.7 Å². The van der Waals surface area contributed by atoms with Crippen molar-refractivity contribution < 1.29 is 4.74 Å². The van der Waals surface area contributed by atoms with E-state index in [-0.39, 0.29) is 0 Å². The van der Waals surface area contributed by atoms with Crippen molar-refractivity contribution in [2.24, 2.45) is 5.92 Å². The first-order chi connectivity index (χ1) is 7.74. The van der Waals surface area contributed by atoms with E-state index in [1.54, 1.807) is 0 Å². The second-order valence-electron chi connectivity index (χ2n) is 5.10. The molecule has 1 unspecified atom stereocenters. The van der Waals surface area contributed by atoms with E-state index in [1.807, 2.05) is 0 Å². The van der Waals surface area contributed by atoms with E-state index in [4.69, 9.17) is 4.74 Å². The van der Waals surface area contributed by atoms with Crippen molar-refractivity contribution in [3.8, 4) is 0 Å². The molecule has 1 heterocycles. The maximum absolute atomic E-state index is 5.68. The van der Waals surface area contributed by atoms with Gasteiger partial charge in [0.2, 0.25) is 0 Å². The fourth-order valence-corrected chi connectivity index (χ4v) is 2.10. The van der Waals surface area contributed by atoms with Crippen LogP contribution < -0.4 is 5.32 Å². The van der Waals surface area contributed by atoms with Crippen molar-refractivity contribution in [1.29, 1.82) is 0 Å². The number of hydrogen-bond acceptors (Lipinski definition) is 3. The minimum Gasteiger partial charge on any atom is -0.380 e. The van der Waals surface area contributed by atoms with Crippen LogP contribution in [0, 0.1) is 5.92 Å². The summed E-state index contributed by atoms with van der Waals surface area (Å²) in [5.41, 5.74) is 0. The van der Waals surface area contributed by atoms with E-state index < -0.39 is 0 Å². The van der Waals surface area contributed by atoms with Gasteiger partial charge in [0.1, 0.15) is 0 Å². The van der Waals surface area contributed by atoms with Gasteiger partial charge < -0.3 is 10.1 Å². The zero-order valence-corrected chi connectivity index (χ0v) is 11.2. The fraction of sp³-hybridized carbons (Fsp3) is 1.00. The molecule has 3 nitrogen and oxygen atoms in total. The molecule has 0 aromatic heterocycles. The lowest BCUT2D eigenvalue weighted by molar-refractivity contribution is 0.0709. The number of nitrogens with zero attached hydrogens (tertiary/aromatic N) is 1. The predicted octanol–water partition coefficient (Wildman–Crippen LogP) is 1.73. The van der Waals surface area contributed by atoms with Crippen molar-refractivity contribution in [1.82, 2.24) is 10.2 Å². The van der Waals surface area contributed by atoms with Gasteiger partial charge in [-0.2, -0.15) is 0 Å². The summed E-state index contributed by atoms with van der Waals surface area (Å²) in [4.78, 5) is 2.56. The highest BCUT2D eigenvalue weighted by Crippen LogP contribution is 2.06. The van der Waals surface area contributed by atoms with Crippen LogP contribution in [0.1, 0.15) is 33.6 Å². The first-order valence-electron chi connectivity index (χ1n) is 6.76. The Morgan fingerprint density at radius 1 is 1.38 bits per heavy atom. The van der Waals surface area contributed by atoms with Gasteiger partial charge in [0.15, 0.2) is 0 Å². The van der Waals surface area contributed by atoms with Crippen molar-refractivity contribution in [3.05, 3.63) is 0 Å². The van der Waals surface area contributed by atoms with Gasteiger partial charge in [-0.3, -0.25) is 4.90 Å². The number of rotatable bonds is 7. The van der Waals surface area contributed by atoms with Crippen molar-refractivity contribution in [3.63, 3.8) is 0 Å². The lowest BCUT2D eigenvalue weighted by atomic mass is 10.1. The lowest BCUT2D eigenvalue weighted by Gasteiger charge is -2.35. The summed E-state index contributed by atoms with van der Waals surface area (Å²) in [7, 11) is 0. The predicted molar refractivity (Wildman–Crippen MR) is 68.8 cm³/mol. The Kier molecular flexibility index (Phi) is 7.01. The van der Waals surface area contributed by atoms with E-state index in [2.05, 4.69) is 31.0 Å². The topological polar surface area (TPSA) is 24.5 Å². The van der Waals surface area contributed by atoms with E-state index in [9.17, 15) is 0 Å². The highest BCUT2D eigenvalue weighted by molar-refractivity contribution is 4.78. The molecule has 0 aromatic rings. The third kappa shape index (κ3) is 5.28. The van der Waals surface area contributed by atoms with E-state index >= 15 is 0 Å². The summed E-state index contributed by atoms with van der Waals surface area (Å²) in [5.74, 6) is 0.752. The monoisotopic (exact) mass is 228 g/mol. The first-order valence-corrected chi connectivity index (χ1v) is 6.76. The number of ether oxygens (including phenoxy) is 1. The van der Waals surface area contributed by atoms with Crippen LogP contribution in [-0.4, -0.2) is 50.3 Å². The second-order valence-corrected chi connectivity index (χ2v) is 5.10. The summed E-state index contributed by atoms with van der Waals surface area (Å²) >= 11 is 0. The molecule has 96 valence electrons. The Morgan fingerprint density at radius 2 is 2.19 bits per heavy atom. The zero-order valence-electron chi connectivity index (χ0n) is 11.2. The van der Waals surface area contributed by atoms with Crippen LogP contribution in [0.2, 0.25) is 0 Å². The van der Waals surface area contributed by atoms with Crippen molar-refractivity contribution >= 4 is 0 Å². The minimum atomic E-state index is 0.711. The summed E-state index contributed by atoms with van der Waals surface area (Å²) in [6, 6.07) is 0.711. The molecule has 1 fully saturated rings. The van der Waals surface area contributed by atoms with E-state index in [1.165, 1.54) is 19.4 Å². The maximum Gasteiger partial charge on any atom is 0.0593 e. The fourth-order valence-electron chi connectivity index (χ4n) is 2.10. The number of hydrogen-bond donors (Lipinski definition) is 1. The molecule has 16 heavy (non-hydrogen) atoms. The van der Waals surface area contributed by atoms with Gasteiger partial charge >= 0.3 is 0 Å². The van der Waals surface area contributed by atoms with Gasteiger partial charge in [-0.25, -0.2) is 0 Å². The maximum atomic E-state index is 5.68. The third-order valence-corrected chi connectivity index (χ3v) is 3.31. The van der Waals surface area contributed by atoms with Crippen molar-refractivity contribution in [2.75, 3.05) is 39.4 Å². The Hall–Kier alpha value is -0.120. The molecule has 0 radical (unpaired) electrons. The van der Waals surface area contributed by atoms with Gasteiger partial charge in [-0.1, -0.05) is 20.8 Å². The summed E-state index contributed by atoms with van der Waals surface area (Å²) < 4.78 is 5.68. The van der Waals surface area contributed by atoms with Gasteiger partial charge in [0, 0.05) is 38.8 Å². The molecule has 1 aliphatic heterocycles. The molecule has 0 aromatic carbocycles. The molecular weight excluding hydrogens is 200 g/mol. The largest absolute Gasteiger partial charge is 0.380 e. The Bertz CT molecular complexity index is 173. The van der Waals surface area contributed by atoms with Crippen LogP contribution >= 0.6 is 0 Å². The average Bonchev–Trinajstić information content (AvgIpc) is 2.29. The molecule has 0 spiro atoms. The molecule has 1 rings (SSSR count). The molecule has 1 atom stereocenters. The molecule has 0 saturated carbocycles. The van der Waals surface area contributed by atoms with E-state index in [0.29, 0.717) is 6.04 Å². The van der Waals surface area contributed by atoms with Crippen LogP contribution in [-0.2, 0) is 4.74 Å². The molecule has 3 heteroatoms. The SMILES string of the molecule is CCC1CNCCN1CCOCCC(C)C. The van der Waals surface area contributed by atoms with Gasteiger partial charge in [0.25, 0.3) is 0 Å². The Morgan fingerprint density at radius 3 is 2.88 bits per heavy atom. The lowest BCUT2D eigenvalue weighted by Crippen LogP contribution is -2.51. The van der Waals surface area contributed by atoms with Gasteiger partial charge in [0.05, 0.1) is 6.61 Å².